The van der Waals surface area contributed by atoms with Crippen LogP contribution in [0.2, 0.25) is 0 Å². The molecule has 0 spiro atoms. The van der Waals surface area contributed by atoms with Gasteiger partial charge < -0.3 is 15.7 Å². The Bertz CT molecular complexity index is 812. The standard InChI is InChI=1S/C17H19N.C6H11NO2.C2H6.CH4O/c1-12(2)14-5-7-15(8-6-14)16-9-10-17(18-4)13(3)11-16;1-4(5(2)8)6(9)7-3;2*1-2/h5-11,18H,1H2,2-4H3;4H,1-3H3,(H,7,9);1-2H3;2H,1H3. The van der Waals surface area contributed by atoms with Crippen molar-refractivity contribution in [1.82, 2.24) is 5.32 Å². The lowest BCUT2D eigenvalue weighted by Crippen LogP contribution is -2.29. The molecule has 31 heavy (non-hydrogen) atoms. The molecule has 0 aliphatic rings. The molecule has 0 heterocycles. The number of aryl methyl sites for hydroxylation is 1. The average Bonchev–Trinajstić information content (AvgIpc) is 2.81. The van der Waals surface area contributed by atoms with Crippen molar-refractivity contribution in [2.24, 2.45) is 5.92 Å². The second kappa shape index (κ2) is 16.8. The highest BCUT2D eigenvalue weighted by atomic mass is 16.2. The summed E-state index contributed by atoms with van der Waals surface area (Å²) in [6.07, 6.45) is 0. The normalized spacial score (nSPS) is 9.87. The smallest absolute Gasteiger partial charge is 0.230 e. The first-order valence-corrected chi connectivity index (χ1v) is 10.4. The molecule has 1 atom stereocenters. The third-order valence-electron chi connectivity index (χ3n) is 4.46. The Labute approximate surface area is 188 Å². The van der Waals surface area contributed by atoms with Crippen molar-refractivity contribution < 1.29 is 14.7 Å². The summed E-state index contributed by atoms with van der Waals surface area (Å²) in [4.78, 5) is 21.1. The van der Waals surface area contributed by atoms with Gasteiger partial charge in [-0.25, -0.2) is 0 Å². The summed E-state index contributed by atoms with van der Waals surface area (Å²) < 4.78 is 0. The summed E-state index contributed by atoms with van der Waals surface area (Å²) in [7, 11) is 4.46. The van der Waals surface area contributed by atoms with Gasteiger partial charge >= 0.3 is 0 Å². The molecule has 0 saturated heterocycles. The molecule has 1 unspecified atom stereocenters. The van der Waals surface area contributed by atoms with Crippen molar-refractivity contribution in [3.05, 3.63) is 60.2 Å². The molecule has 0 radical (unpaired) electrons. The molecule has 0 aliphatic carbocycles. The van der Waals surface area contributed by atoms with E-state index >= 15 is 0 Å². The Kier molecular flexibility index (Phi) is 16.4. The van der Waals surface area contributed by atoms with Crippen molar-refractivity contribution >= 4 is 23.0 Å². The van der Waals surface area contributed by atoms with Crippen LogP contribution >= 0.6 is 0 Å². The number of amides is 1. The zero-order chi connectivity index (χ0) is 24.6. The number of anilines is 1. The third kappa shape index (κ3) is 10.6. The Morgan fingerprint density at radius 3 is 1.74 bits per heavy atom. The van der Waals surface area contributed by atoms with E-state index in [-0.39, 0.29) is 11.7 Å². The minimum atomic E-state index is -0.505. The number of hydrogen-bond donors (Lipinski definition) is 3. The van der Waals surface area contributed by atoms with Gasteiger partial charge in [0.15, 0.2) is 0 Å². The van der Waals surface area contributed by atoms with E-state index < -0.39 is 5.92 Å². The molecule has 0 saturated carbocycles. The minimum absolute atomic E-state index is 0.102. The molecule has 172 valence electrons. The number of benzene rings is 2. The number of carbonyl (C=O) groups is 2. The summed E-state index contributed by atoms with van der Waals surface area (Å²) in [6, 6.07) is 15.0. The lowest BCUT2D eigenvalue weighted by molar-refractivity contribution is -0.131. The lowest BCUT2D eigenvalue weighted by atomic mass is 10.00. The fourth-order valence-electron chi connectivity index (χ4n) is 2.47. The Morgan fingerprint density at radius 2 is 1.42 bits per heavy atom. The van der Waals surface area contributed by atoms with Crippen LogP contribution in [0.5, 0.6) is 0 Å². The van der Waals surface area contributed by atoms with Gasteiger partial charge in [-0.3, -0.25) is 9.59 Å². The Morgan fingerprint density at radius 1 is 0.935 bits per heavy atom. The monoisotopic (exact) mass is 428 g/mol. The van der Waals surface area contributed by atoms with Gasteiger partial charge in [0, 0.05) is 26.9 Å². The van der Waals surface area contributed by atoms with Crippen LogP contribution in [0.3, 0.4) is 0 Å². The average molecular weight is 429 g/mol. The van der Waals surface area contributed by atoms with Crippen molar-refractivity contribution in [2.45, 2.75) is 41.5 Å². The highest BCUT2D eigenvalue weighted by molar-refractivity contribution is 5.99. The number of nitrogens with one attached hydrogen (secondary N) is 2. The second-order valence-electron chi connectivity index (χ2n) is 6.58. The van der Waals surface area contributed by atoms with Crippen molar-refractivity contribution in [2.75, 3.05) is 26.5 Å². The summed E-state index contributed by atoms with van der Waals surface area (Å²) in [5, 5.41) is 12.6. The zero-order valence-corrected chi connectivity index (χ0v) is 20.6. The molecule has 3 N–H and O–H groups in total. The van der Waals surface area contributed by atoms with E-state index in [4.69, 9.17) is 5.11 Å². The first-order chi connectivity index (χ1) is 14.7. The molecule has 5 heteroatoms. The van der Waals surface area contributed by atoms with E-state index in [9.17, 15) is 9.59 Å². The van der Waals surface area contributed by atoms with E-state index in [1.807, 2.05) is 27.8 Å². The topological polar surface area (TPSA) is 78.4 Å². The second-order valence-corrected chi connectivity index (χ2v) is 6.58. The molecule has 2 aromatic carbocycles. The molecular weight excluding hydrogens is 388 g/mol. The van der Waals surface area contributed by atoms with Gasteiger partial charge in [-0.15, -0.1) is 0 Å². The largest absolute Gasteiger partial charge is 0.400 e. The number of aliphatic hydroxyl groups excluding tert-OH is 1. The van der Waals surface area contributed by atoms with Crippen LogP contribution in [0.15, 0.2) is 49.0 Å². The van der Waals surface area contributed by atoms with Crippen LogP contribution in [-0.4, -0.2) is 38.0 Å². The lowest BCUT2D eigenvalue weighted by Gasteiger charge is -2.09. The molecule has 2 rings (SSSR count). The number of aliphatic hydroxyl groups is 1. The third-order valence-corrected chi connectivity index (χ3v) is 4.46. The predicted molar refractivity (Wildman–Crippen MR) is 134 cm³/mol. The molecule has 2 aromatic rings. The van der Waals surface area contributed by atoms with Gasteiger partial charge in [-0.2, -0.15) is 0 Å². The van der Waals surface area contributed by atoms with Gasteiger partial charge in [0.1, 0.15) is 5.78 Å². The maximum absolute atomic E-state index is 10.6. The fraction of sp³-hybridized carbons (Fsp3) is 0.385. The van der Waals surface area contributed by atoms with Crippen LogP contribution in [-0.2, 0) is 9.59 Å². The fourth-order valence-corrected chi connectivity index (χ4v) is 2.47. The summed E-state index contributed by atoms with van der Waals surface area (Å²) in [6.45, 7) is 15.1. The summed E-state index contributed by atoms with van der Waals surface area (Å²) in [5.41, 5.74) is 7.23. The van der Waals surface area contributed by atoms with Crippen molar-refractivity contribution in [3.8, 4) is 11.1 Å². The molecule has 0 aromatic heterocycles. The molecular formula is C26H40N2O3. The highest BCUT2D eigenvalue weighted by Gasteiger charge is 2.14. The number of ketones is 1. The van der Waals surface area contributed by atoms with Crippen LogP contribution in [0.25, 0.3) is 16.7 Å². The molecule has 5 nitrogen and oxygen atoms in total. The van der Waals surface area contributed by atoms with Crippen LogP contribution in [0.1, 0.15) is 45.7 Å². The number of hydrogen-bond acceptors (Lipinski definition) is 4. The Balaban J connectivity index is 0. The van der Waals surface area contributed by atoms with E-state index in [1.165, 1.54) is 41.9 Å². The first kappa shape index (κ1) is 30.3. The molecule has 0 aliphatic heterocycles. The van der Waals surface area contributed by atoms with Crippen molar-refractivity contribution in [1.29, 1.82) is 0 Å². The van der Waals surface area contributed by atoms with E-state index in [0.717, 1.165) is 12.7 Å². The van der Waals surface area contributed by atoms with Gasteiger partial charge in [-0.05, 0) is 62.1 Å². The number of rotatable bonds is 5. The molecule has 0 bridgehead atoms. The number of Topliss-reactive ketones (excluding diaryl/α,β-unsaturated/α-hetero) is 1. The van der Waals surface area contributed by atoms with E-state index in [0.29, 0.717) is 0 Å². The van der Waals surface area contributed by atoms with E-state index in [2.05, 4.69) is 66.6 Å². The van der Waals surface area contributed by atoms with Gasteiger partial charge in [0.2, 0.25) is 5.91 Å². The molecule has 1 amide bonds. The summed E-state index contributed by atoms with van der Waals surface area (Å²) in [5.74, 6) is -0.827. The van der Waals surface area contributed by atoms with Gasteiger partial charge in [0.25, 0.3) is 0 Å². The predicted octanol–water partition coefficient (Wildman–Crippen LogP) is 5.33. The SMILES string of the molecule is C=C(C)c1ccc(-c2ccc(NC)c(C)c2)cc1.CC.CNC(=O)C(C)C(C)=O.CO. The van der Waals surface area contributed by atoms with Crippen LogP contribution in [0, 0.1) is 12.8 Å². The van der Waals surface area contributed by atoms with E-state index in [1.54, 1.807) is 6.92 Å². The van der Waals surface area contributed by atoms with Gasteiger partial charge in [0.05, 0.1) is 5.92 Å². The maximum atomic E-state index is 10.6. The van der Waals surface area contributed by atoms with Crippen molar-refractivity contribution in [3.63, 3.8) is 0 Å². The highest BCUT2D eigenvalue weighted by Crippen LogP contribution is 2.25. The van der Waals surface area contributed by atoms with Gasteiger partial charge in [-0.1, -0.05) is 56.3 Å². The van der Waals surface area contributed by atoms with Crippen LogP contribution < -0.4 is 10.6 Å². The zero-order valence-electron chi connectivity index (χ0n) is 20.6. The number of allylic oxidation sites excluding steroid dienone is 1. The number of carbonyl (C=O) groups excluding carboxylic acids is 2. The summed E-state index contributed by atoms with van der Waals surface area (Å²) >= 11 is 0. The minimum Gasteiger partial charge on any atom is -0.400 e. The molecule has 0 fully saturated rings. The first-order valence-electron chi connectivity index (χ1n) is 10.4. The quantitative estimate of drug-likeness (QED) is 0.563. The maximum Gasteiger partial charge on any atom is 0.230 e. The van der Waals surface area contributed by atoms with Crippen LogP contribution in [0.4, 0.5) is 5.69 Å². The Hall–Kier alpha value is -2.92.